The molecular weight excluding hydrogens is 240 g/mol. The van der Waals surface area contributed by atoms with E-state index in [1.807, 2.05) is 6.92 Å². The molecule has 0 amide bonds. The van der Waals surface area contributed by atoms with Gasteiger partial charge in [-0.05, 0) is 6.92 Å². The van der Waals surface area contributed by atoms with Gasteiger partial charge in [-0.3, -0.25) is 14.4 Å². The van der Waals surface area contributed by atoms with E-state index in [4.69, 9.17) is 9.47 Å². The van der Waals surface area contributed by atoms with Crippen LogP contribution in [0, 0.1) is 0 Å². The molecule has 1 fully saturated rings. The maximum atomic E-state index is 10.7. The predicted molar refractivity (Wildman–Crippen MR) is 61.0 cm³/mol. The molecule has 0 unspecified atom stereocenters. The van der Waals surface area contributed by atoms with Crippen molar-refractivity contribution in [2.75, 3.05) is 33.0 Å². The van der Waals surface area contributed by atoms with Crippen LogP contribution in [0.15, 0.2) is 11.8 Å². The van der Waals surface area contributed by atoms with Crippen LogP contribution in [0.2, 0.25) is 0 Å². The van der Waals surface area contributed by atoms with Crippen LogP contribution in [0.25, 0.3) is 0 Å². The Morgan fingerprint density at radius 3 is 2.11 bits per heavy atom. The molecule has 0 aromatic heterocycles. The topological polar surface area (TPSA) is 78.9 Å². The first kappa shape index (κ1) is 14.5. The number of Topliss-reactive ketones (excluding diaryl/α,β-unsaturated/α-hetero) is 2. The number of hydrogen-bond donors (Lipinski definition) is 0. The van der Waals surface area contributed by atoms with E-state index >= 15 is 0 Å². The fourth-order valence-electron chi connectivity index (χ4n) is 1.38. The maximum Gasteiger partial charge on any atom is 0.184 e. The van der Waals surface area contributed by atoms with E-state index in [-0.39, 0.29) is 43.6 Å². The number of hydrogen-bond acceptors (Lipinski definition) is 6. The monoisotopic (exact) mass is 256 g/mol. The summed E-state index contributed by atoms with van der Waals surface area (Å²) in [6.45, 7) is 3.32. The molecule has 0 saturated carbocycles. The number of carbonyl (C=O) groups is 3. The van der Waals surface area contributed by atoms with Crippen LogP contribution < -0.4 is 0 Å². The van der Waals surface area contributed by atoms with Gasteiger partial charge in [0, 0.05) is 6.08 Å². The zero-order valence-corrected chi connectivity index (χ0v) is 10.3. The quantitative estimate of drug-likeness (QED) is 0.650. The molecule has 2 aliphatic heterocycles. The number of carbonyl (C=O) groups excluding carboxylic acids is 3. The normalized spacial score (nSPS) is 19.8. The highest BCUT2D eigenvalue weighted by Crippen LogP contribution is 2.03. The predicted octanol–water partition coefficient (Wildman–Crippen LogP) is 0.0510. The maximum absolute atomic E-state index is 10.7. The lowest BCUT2D eigenvalue weighted by atomic mass is 10.2. The average Bonchev–Trinajstić information content (AvgIpc) is 2.30. The second-order valence-electron chi connectivity index (χ2n) is 3.75. The van der Waals surface area contributed by atoms with Crippen molar-refractivity contribution >= 4 is 17.3 Å². The number of ketones is 3. The SMILES string of the molecule is CCOC1=CC(=O)COC1.O=C1COCC(=O)C1. The van der Waals surface area contributed by atoms with Gasteiger partial charge in [-0.15, -0.1) is 0 Å². The highest BCUT2D eigenvalue weighted by Gasteiger charge is 2.15. The third-order valence-electron chi connectivity index (χ3n) is 2.06. The Labute approximate surface area is 105 Å². The Hall–Kier alpha value is -1.53. The highest BCUT2D eigenvalue weighted by molar-refractivity contribution is 6.01. The average molecular weight is 256 g/mol. The van der Waals surface area contributed by atoms with Gasteiger partial charge < -0.3 is 14.2 Å². The largest absolute Gasteiger partial charge is 0.496 e. The van der Waals surface area contributed by atoms with Crippen molar-refractivity contribution in [3.05, 3.63) is 11.8 Å². The summed E-state index contributed by atoms with van der Waals surface area (Å²) in [5.74, 6) is 0.399. The van der Waals surface area contributed by atoms with E-state index < -0.39 is 0 Å². The Kier molecular flexibility index (Phi) is 6.24. The lowest BCUT2D eigenvalue weighted by Gasteiger charge is -2.12. The van der Waals surface area contributed by atoms with Crippen molar-refractivity contribution in [2.24, 2.45) is 0 Å². The van der Waals surface area contributed by atoms with Gasteiger partial charge in [0.1, 0.15) is 32.2 Å². The minimum Gasteiger partial charge on any atom is -0.496 e. The van der Waals surface area contributed by atoms with E-state index in [0.717, 1.165) is 0 Å². The van der Waals surface area contributed by atoms with E-state index in [2.05, 4.69) is 4.74 Å². The molecule has 6 nitrogen and oxygen atoms in total. The van der Waals surface area contributed by atoms with Gasteiger partial charge in [0.05, 0.1) is 13.0 Å². The second kappa shape index (κ2) is 7.73. The van der Waals surface area contributed by atoms with Crippen LogP contribution in [0.4, 0.5) is 0 Å². The molecule has 2 aliphatic rings. The number of rotatable bonds is 2. The molecule has 0 N–H and O–H groups in total. The Morgan fingerprint density at radius 2 is 1.67 bits per heavy atom. The molecule has 2 rings (SSSR count). The van der Waals surface area contributed by atoms with Crippen LogP contribution in [-0.2, 0) is 28.6 Å². The molecule has 0 radical (unpaired) electrons. The fourth-order valence-corrected chi connectivity index (χ4v) is 1.38. The van der Waals surface area contributed by atoms with Crippen LogP contribution in [0.1, 0.15) is 13.3 Å². The summed E-state index contributed by atoms with van der Waals surface area (Å²) in [5.41, 5.74) is 0. The molecule has 0 aliphatic carbocycles. The fraction of sp³-hybridized carbons (Fsp3) is 0.583. The summed E-state index contributed by atoms with van der Waals surface area (Å²) in [6.07, 6.45) is 1.56. The van der Waals surface area contributed by atoms with Crippen molar-refractivity contribution in [2.45, 2.75) is 13.3 Å². The van der Waals surface area contributed by atoms with E-state index in [1.165, 1.54) is 6.08 Å². The molecule has 0 aromatic carbocycles. The molecular formula is C12H16O6. The van der Waals surface area contributed by atoms with Crippen LogP contribution in [0.5, 0.6) is 0 Å². The smallest absolute Gasteiger partial charge is 0.184 e. The van der Waals surface area contributed by atoms with Gasteiger partial charge in [0.15, 0.2) is 17.3 Å². The van der Waals surface area contributed by atoms with Gasteiger partial charge in [-0.2, -0.15) is 0 Å². The Bertz CT molecular complexity index is 344. The second-order valence-corrected chi connectivity index (χ2v) is 3.75. The summed E-state index contributed by atoms with van der Waals surface area (Å²) >= 11 is 0. The Balaban J connectivity index is 0.000000184. The number of ether oxygens (including phenoxy) is 3. The molecule has 0 aromatic rings. The Morgan fingerprint density at radius 1 is 1.06 bits per heavy atom. The first-order valence-electron chi connectivity index (χ1n) is 5.67. The van der Waals surface area contributed by atoms with Crippen molar-refractivity contribution in [3.63, 3.8) is 0 Å². The molecule has 0 bridgehead atoms. The summed E-state index contributed by atoms with van der Waals surface area (Å²) in [7, 11) is 0. The van der Waals surface area contributed by atoms with Crippen molar-refractivity contribution in [1.82, 2.24) is 0 Å². The van der Waals surface area contributed by atoms with E-state index in [0.29, 0.717) is 19.0 Å². The lowest BCUT2D eigenvalue weighted by Crippen LogP contribution is -2.24. The van der Waals surface area contributed by atoms with Crippen LogP contribution >= 0.6 is 0 Å². The first-order chi connectivity index (χ1) is 8.61. The lowest BCUT2D eigenvalue weighted by molar-refractivity contribution is -0.138. The molecule has 100 valence electrons. The molecule has 6 heteroatoms. The third-order valence-corrected chi connectivity index (χ3v) is 2.06. The van der Waals surface area contributed by atoms with Crippen LogP contribution in [0.3, 0.4) is 0 Å². The van der Waals surface area contributed by atoms with Gasteiger partial charge >= 0.3 is 0 Å². The zero-order chi connectivity index (χ0) is 13.4. The van der Waals surface area contributed by atoms with Gasteiger partial charge in [-0.1, -0.05) is 0 Å². The summed E-state index contributed by atoms with van der Waals surface area (Å²) < 4.78 is 14.6. The first-order valence-corrected chi connectivity index (χ1v) is 5.67. The minimum atomic E-state index is -0.110. The van der Waals surface area contributed by atoms with Crippen LogP contribution in [-0.4, -0.2) is 50.4 Å². The van der Waals surface area contributed by atoms with Gasteiger partial charge in [0.25, 0.3) is 0 Å². The third kappa shape index (κ3) is 5.70. The van der Waals surface area contributed by atoms with Crippen molar-refractivity contribution < 1.29 is 28.6 Å². The van der Waals surface area contributed by atoms with Crippen molar-refractivity contribution in [1.29, 1.82) is 0 Å². The molecule has 18 heavy (non-hydrogen) atoms. The molecule has 0 atom stereocenters. The summed E-state index contributed by atoms with van der Waals surface area (Å²) in [6, 6.07) is 0. The van der Waals surface area contributed by atoms with E-state index in [9.17, 15) is 14.4 Å². The standard InChI is InChI=1S/C7H10O3.C5H6O3/c1-2-10-7-3-6(8)4-9-5-7;6-4-1-5(7)3-8-2-4/h3H,2,4-5H2,1H3;1-3H2. The van der Waals surface area contributed by atoms with E-state index in [1.54, 1.807) is 0 Å². The highest BCUT2D eigenvalue weighted by atomic mass is 16.5. The zero-order valence-electron chi connectivity index (χ0n) is 10.3. The van der Waals surface area contributed by atoms with Gasteiger partial charge in [-0.25, -0.2) is 0 Å². The molecule has 2 heterocycles. The minimum absolute atomic E-state index is 0.0188. The molecule has 0 spiro atoms. The van der Waals surface area contributed by atoms with Crippen molar-refractivity contribution in [3.8, 4) is 0 Å². The summed E-state index contributed by atoms with van der Waals surface area (Å²) in [4.78, 5) is 31.3. The van der Waals surface area contributed by atoms with Gasteiger partial charge in [0.2, 0.25) is 0 Å². The molecule has 1 saturated heterocycles. The summed E-state index contributed by atoms with van der Waals surface area (Å²) in [5, 5.41) is 0.